The molecule has 0 unspecified atom stereocenters. The van der Waals surface area contributed by atoms with E-state index in [1.165, 1.54) is 0 Å². The molecule has 2 heteroatoms. The lowest BCUT2D eigenvalue weighted by Gasteiger charge is -1.95. The molecule has 2 nitrogen and oxygen atoms in total. The van der Waals surface area contributed by atoms with Gasteiger partial charge in [-0.25, -0.2) is 0 Å². The van der Waals surface area contributed by atoms with Crippen LogP contribution >= 0.6 is 0 Å². The minimum atomic E-state index is 0.316. The number of benzene rings is 1. The zero-order valence-corrected chi connectivity index (χ0v) is 7.83. The van der Waals surface area contributed by atoms with E-state index in [1.807, 2.05) is 25.3 Å². The molecule has 0 aliphatic rings. The van der Waals surface area contributed by atoms with Gasteiger partial charge in [-0.2, -0.15) is 0 Å². The maximum atomic E-state index is 9.17. The van der Waals surface area contributed by atoms with Crippen molar-refractivity contribution in [2.24, 2.45) is 0 Å². The van der Waals surface area contributed by atoms with E-state index in [0.29, 0.717) is 5.75 Å². The smallest absolute Gasteiger partial charge is 0.116 e. The minimum Gasteiger partial charge on any atom is -0.508 e. The maximum Gasteiger partial charge on any atom is 0.116 e. The monoisotopic (exact) mass is 177 g/mol. The maximum absolute atomic E-state index is 9.17. The summed E-state index contributed by atoms with van der Waals surface area (Å²) in [5.41, 5.74) is 1.04. The molecule has 0 aliphatic carbocycles. The minimum absolute atomic E-state index is 0.316. The summed E-state index contributed by atoms with van der Waals surface area (Å²) in [4.78, 5) is 0. The highest BCUT2D eigenvalue weighted by atomic mass is 16.3. The quantitative estimate of drug-likeness (QED) is 0.689. The second kappa shape index (κ2) is 5.38. The third-order valence-electron chi connectivity index (χ3n) is 1.74. The van der Waals surface area contributed by atoms with Crippen molar-refractivity contribution in [2.45, 2.75) is 6.42 Å². The van der Waals surface area contributed by atoms with Crippen LogP contribution in [0, 0.1) is 0 Å². The highest BCUT2D eigenvalue weighted by Gasteiger charge is 1.87. The van der Waals surface area contributed by atoms with Gasteiger partial charge in [0.25, 0.3) is 0 Å². The van der Waals surface area contributed by atoms with Crippen LogP contribution in [0.4, 0.5) is 0 Å². The highest BCUT2D eigenvalue weighted by Crippen LogP contribution is 2.11. The Balaban J connectivity index is 2.48. The predicted molar refractivity (Wildman–Crippen MR) is 55.7 cm³/mol. The fourth-order valence-electron chi connectivity index (χ4n) is 1.08. The van der Waals surface area contributed by atoms with Crippen molar-refractivity contribution in [3.05, 3.63) is 35.9 Å². The fraction of sp³-hybridized carbons (Fsp3) is 0.273. The van der Waals surface area contributed by atoms with Crippen LogP contribution in [0.5, 0.6) is 5.75 Å². The van der Waals surface area contributed by atoms with E-state index in [9.17, 15) is 0 Å². The van der Waals surface area contributed by atoms with Crippen LogP contribution in [-0.4, -0.2) is 18.7 Å². The summed E-state index contributed by atoms with van der Waals surface area (Å²) < 4.78 is 0. The summed E-state index contributed by atoms with van der Waals surface area (Å²) in [6, 6.07) is 7.23. The number of nitrogens with one attached hydrogen (secondary N) is 1. The van der Waals surface area contributed by atoms with Gasteiger partial charge in [-0.3, -0.25) is 0 Å². The Kier molecular flexibility index (Phi) is 4.06. The molecule has 0 bridgehead atoms. The molecule has 70 valence electrons. The number of hydrogen-bond acceptors (Lipinski definition) is 2. The first-order chi connectivity index (χ1) is 6.33. The van der Waals surface area contributed by atoms with Crippen LogP contribution in [-0.2, 0) is 0 Å². The number of aromatic hydroxyl groups is 1. The molecule has 1 rings (SSSR count). The summed E-state index contributed by atoms with van der Waals surface area (Å²) >= 11 is 0. The van der Waals surface area contributed by atoms with Gasteiger partial charge >= 0.3 is 0 Å². The molecule has 0 atom stereocenters. The van der Waals surface area contributed by atoms with E-state index in [4.69, 9.17) is 5.11 Å². The van der Waals surface area contributed by atoms with Crippen LogP contribution in [0.2, 0.25) is 0 Å². The highest BCUT2D eigenvalue weighted by molar-refractivity contribution is 5.51. The third kappa shape index (κ3) is 3.76. The fourth-order valence-corrected chi connectivity index (χ4v) is 1.08. The van der Waals surface area contributed by atoms with E-state index in [1.54, 1.807) is 12.1 Å². The number of phenolic OH excluding ortho intramolecular Hbond substituents is 1. The molecule has 1 aromatic carbocycles. The number of phenols is 1. The molecule has 0 radical (unpaired) electrons. The molecule has 0 aliphatic heterocycles. The van der Waals surface area contributed by atoms with Gasteiger partial charge in [0.1, 0.15) is 5.75 Å². The molecule has 2 N–H and O–H groups in total. The second-order valence-electron chi connectivity index (χ2n) is 2.89. The van der Waals surface area contributed by atoms with Gasteiger partial charge < -0.3 is 10.4 Å². The Hall–Kier alpha value is -1.28. The number of hydrogen-bond donors (Lipinski definition) is 2. The first kappa shape index (κ1) is 9.81. The molecule has 0 saturated heterocycles. The van der Waals surface area contributed by atoms with Crippen LogP contribution < -0.4 is 5.32 Å². The normalized spacial score (nSPS) is 10.8. The standard InChI is InChI=1S/C11H15NO/c1-12-8-3-2-5-10-6-4-7-11(13)9-10/h2,4-7,9,12-13H,3,8H2,1H3/b5-2-. The number of rotatable bonds is 4. The lowest BCUT2D eigenvalue weighted by Crippen LogP contribution is -2.05. The van der Waals surface area contributed by atoms with Crippen molar-refractivity contribution >= 4 is 6.08 Å². The zero-order valence-electron chi connectivity index (χ0n) is 7.83. The van der Waals surface area contributed by atoms with E-state index in [-0.39, 0.29) is 0 Å². The summed E-state index contributed by atoms with van der Waals surface area (Å²) in [6.07, 6.45) is 5.11. The van der Waals surface area contributed by atoms with Gasteiger partial charge in [-0.05, 0) is 37.7 Å². The average molecular weight is 177 g/mol. The Morgan fingerprint density at radius 2 is 2.31 bits per heavy atom. The topological polar surface area (TPSA) is 32.3 Å². The first-order valence-electron chi connectivity index (χ1n) is 4.43. The summed E-state index contributed by atoms with van der Waals surface area (Å²) in [7, 11) is 1.93. The molecular formula is C11H15NO. The van der Waals surface area contributed by atoms with Gasteiger partial charge in [0, 0.05) is 0 Å². The van der Waals surface area contributed by atoms with Gasteiger partial charge in [0.15, 0.2) is 0 Å². The molecule has 0 aromatic heterocycles. The van der Waals surface area contributed by atoms with Crippen molar-refractivity contribution in [1.29, 1.82) is 0 Å². The van der Waals surface area contributed by atoms with Crippen LogP contribution in [0.3, 0.4) is 0 Å². The van der Waals surface area contributed by atoms with Gasteiger partial charge in [-0.1, -0.05) is 24.3 Å². The summed E-state index contributed by atoms with van der Waals surface area (Å²) in [5, 5.41) is 12.2. The van der Waals surface area contributed by atoms with Crippen LogP contribution in [0.1, 0.15) is 12.0 Å². The lowest BCUT2D eigenvalue weighted by molar-refractivity contribution is 0.475. The third-order valence-corrected chi connectivity index (χ3v) is 1.74. The summed E-state index contributed by atoms with van der Waals surface area (Å²) in [5.74, 6) is 0.316. The molecule has 0 amide bonds. The van der Waals surface area contributed by atoms with Gasteiger partial charge in [-0.15, -0.1) is 0 Å². The van der Waals surface area contributed by atoms with Crippen LogP contribution in [0.15, 0.2) is 30.3 Å². The Bertz CT molecular complexity index is 281. The van der Waals surface area contributed by atoms with Crippen molar-refractivity contribution in [3.63, 3.8) is 0 Å². The van der Waals surface area contributed by atoms with Crippen molar-refractivity contribution in [1.82, 2.24) is 5.32 Å². The Morgan fingerprint density at radius 1 is 1.46 bits per heavy atom. The molecule has 0 saturated carbocycles. The van der Waals surface area contributed by atoms with E-state index in [0.717, 1.165) is 18.5 Å². The SMILES string of the molecule is CNCC/C=C\c1cccc(O)c1. The predicted octanol–water partition coefficient (Wildman–Crippen LogP) is 2.01. The first-order valence-corrected chi connectivity index (χ1v) is 4.43. The van der Waals surface area contributed by atoms with Crippen LogP contribution in [0.25, 0.3) is 6.08 Å². The van der Waals surface area contributed by atoms with Crippen molar-refractivity contribution in [3.8, 4) is 5.75 Å². The second-order valence-corrected chi connectivity index (χ2v) is 2.89. The van der Waals surface area contributed by atoms with Gasteiger partial charge in [0.2, 0.25) is 0 Å². The Labute approximate surface area is 78.9 Å². The zero-order chi connectivity index (χ0) is 9.52. The lowest BCUT2D eigenvalue weighted by atomic mass is 10.2. The van der Waals surface area contributed by atoms with E-state index < -0.39 is 0 Å². The molecule has 0 heterocycles. The molecule has 0 fully saturated rings. The molecular weight excluding hydrogens is 162 g/mol. The molecule has 13 heavy (non-hydrogen) atoms. The van der Waals surface area contributed by atoms with Crippen molar-refractivity contribution in [2.75, 3.05) is 13.6 Å². The van der Waals surface area contributed by atoms with E-state index >= 15 is 0 Å². The summed E-state index contributed by atoms with van der Waals surface area (Å²) in [6.45, 7) is 0.981. The molecule has 0 spiro atoms. The largest absolute Gasteiger partial charge is 0.508 e. The molecule has 1 aromatic rings. The van der Waals surface area contributed by atoms with Crippen molar-refractivity contribution < 1.29 is 5.11 Å². The average Bonchev–Trinajstić information content (AvgIpc) is 2.13. The van der Waals surface area contributed by atoms with E-state index in [2.05, 4.69) is 11.4 Å². The Morgan fingerprint density at radius 3 is 3.00 bits per heavy atom. The van der Waals surface area contributed by atoms with Gasteiger partial charge in [0.05, 0.1) is 0 Å².